The number of anilines is 1. The van der Waals surface area contributed by atoms with E-state index in [1.54, 1.807) is 4.90 Å². The van der Waals surface area contributed by atoms with E-state index in [0.29, 0.717) is 18.4 Å². The number of carbonyl (C=O) groups is 2. The summed E-state index contributed by atoms with van der Waals surface area (Å²) >= 11 is 0. The molecule has 0 aliphatic heterocycles. The highest BCUT2D eigenvalue weighted by atomic mass is 16.2. The Balaban J connectivity index is 1.60. The lowest BCUT2D eigenvalue weighted by molar-refractivity contribution is -0.136. The first kappa shape index (κ1) is 22.8. The highest BCUT2D eigenvalue weighted by molar-refractivity contribution is 5.94. The number of amides is 2. The molecular weight excluding hydrogens is 412 g/mol. The largest absolute Gasteiger partial charge is 0.333 e. The third kappa shape index (κ3) is 5.69. The highest BCUT2D eigenvalue weighted by Crippen LogP contribution is 2.31. The first-order valence-electron chi connectivity index (χ1n) is 11.6. The molecule has 6 nitrogen and oxygen atoms in total. The number of rotatable bonds is 8. The smallest absolute Gasteiger partial charge is 0.246 e. The number of carbonyl (C=O) groups excluding carboxylic acids is 2. The van der Waals surface area contributed by atoms with Crippen molar-refractivity contribution >= 4 is 17.8 Å². The normalized spacial score (nSPS) is 13.2. The molecule has 6 heteroatoms. The molecule has 1 heterocycles. The standard InChI is InChI=1S/C27H32N4O2/c1-18(2)15-30(26(33)22-11-12-22)17-25(32)29-27-28-24(21-9-5-19(3)6-10-21)16-31(27)23-13-7-20(4)8-14-23/h5-10,13-14,16,18,22H,11-12,15,17H2,1-4H3,(H,28,29,32). The molecule has 1 aliphatic rings. The Hall–Kier alpha value is -3.41. The van der Waals surface area contributed by atoms with Crippen LogP contribution in [0.3, 0.4) is 0 Å². The van der Waals surface area contributed by atoms with Gasteiger partial charge in [0.05, 0.1) is 12.2 Å². The van der Waals surface area contributed by atoms with Crippen molar-refractivity contribution in [1.82, 2.24) is 14.5 Å². The van der Waals surface area contributed by atoms with Crippen LogP contribution in [0, 0.1) is 25.7 Å². The highest BCUT2D eigenvalue weighted by Gasteiger charge is 2.34. The lowest BCUT2D eigenvalue weighted by atomic mass is 10.1. The summed E-state index contributed by atoms with van der Waals surface area (Å²) in [4.78, 5) is 32.1. The number of aryl methyl sites for hydroxylation is 2. The summed E-state index contributed by atoms with van der Waals surface area (Å²) in [5.41, 5.74) is 5.00. The number of hydrogen-bond acceptors (Lipinski definition) is 3. The Morgan fingerprint density at radius 2 is 1.64 bits per heavy atom. The third-order valence-corrected chi connectivity index (χ3v) is 5.77. The van der Waals surface area contributed by atoms with Crippen molar-refractivity contribution in [2.75, 3.05) is 18.4 Å². The van der Waals surface area contributed by atoms with Gasteiger partial charge in [-0.15, -0.1) is 0 Å². The van der Waals surface area contributed by atoms with E-state index in [9.17, 15) is 9.59 Å². The SMILES string of the molecule is Cc1ccc(-c2cn(-c3ccc(C)cc3)c(NC(=O)CN(CC(C)C)C(=O)C3CC3)n2)cc1. The van der Waals surface area contributed by atoms with E-state index >= 15 is 0 Å². The van der Waals surface area contributed by atoms with Gasteiger partial charge in [0.15, 0.2) is 0 Å². The molecule has 3 aromatic rings. The van der Waals surface area contributed by atoms with Crippen LogP contribution < -0.4 is 5.32 Å². The molecule has 1 N–H and O–H groups in total. The van der Waals surface area contributed by atoms with Crippen molar-refractivity contribution in [3.63, 3.8) is 0 Å². The van der Waals surface area contributed by atoms with Crippen LogP contribution in [-0.4, -0.2) is 39.4 Å². The monoisotopic (exact) mass is 444 g/mol. The molecule has 0 unspecified atom stereocenters. The Morgan fingerprint density at radius 1 is 1.03 bits per heavy atom. The summed E-state index contributed by atoms with van der Waals surface area (Å²) in [5.74, 6) is 0.672. The molecule has 0 radical (unpaired) electrons. The van der Waals surface area contributed by atoms with Crippen LogP contribution in [0.1, 0.15) is 37.8 Å². The minimum absolute atomic E-state index is 0.0358. The van der Waals surface area contributed by atoms with E-state index in [-0.39, 0.29) is 24.3 Å². The molecule has 33 heavy (non-hydrogen) atoms. The summed E-state index contributed by atoms with van der Waals surface area (Å²) in [5, 5.41) is 2.96. The zero-order chi connectivity index (χ0) is 23.5. The Morgan fingerprint density at radius 3 is 2.21 bits per heavy atom. The molecule has 2 amide bonds. The summed E-state index contributed by atoms with van der Waals surface area (Å²) < 4.78 is 1.89. The zero-order valence-electron chi connectivity index (χ0n) is 19.8. The van der Waals surface area contributed by atoms with Crippen LogP contribution in [0.25, 0.3) is 16.9 Å². The van der Waals surface area contributed by atoms with E-state index in [4.69, 9.17) is 4.98 Å². The first-order valence-corrected chi connectivity index (χ1v) is 11.6. The van der Waals surface area contributed by atoms with Gasteiger partial charge in [0.25, 0.3) is 0 Å². The molecule has 1 aromatic heterocycles. The second kappa shape index (κ2) is 9.61. The zero-order valence-corrected chi connectivity index (χ0v) is 19.8. The maximum absolute atomic E-state index is 13.0. The van der Waals surface area contributed by atoms with Crippen LogP contribution in [0.4, 0.5) is 5.95 Å². The Labute approximate surface area is 195 Å². The predicted molar refractivity (Wildman–Crippen MR) is 131 cm³/mol. The maximum Gasteiger partial charge on any atom is 0.246 e. The van der Waals surface area contributed by atoms with Gasteiger partial charge in [-0.1, -0.05) is 61.4 Å². The molecular formula is C27H32N4O2. The quantitative estimate of drug-likeness (QED) is 0.532. The third-order valence-electron chi connectivity index (χ3n) is 5.77. The predicted octanol–water partition coefficient (Wildman–Crippen LogP) is 4.99. The summed E-state index contributed by atoms with van der Waals surface area (Å²) in [6.45, 7) is 8.81. The van der Waals surface area contributed by atoms with Gasteiger partial charge in [-0.05, 0) is 44.7 Å². The average molecular weight is 445 g/mol. The van der Waals surface area contributed by atoms with Crippen LogP contribution in [0.15, 0.2) is 54.7 Å². The molecule has 2 aromatic carbocycles. The fourth-order valence-electron chi connectivity index (χ4n) is 3.83. The number of nitrogens with one attached hydrogen (secondary N) is 1. The summed E-state index contributed by atoms with van der Waals surface area (Å²) in [6.07, 6.45) is 3.78. The van der Waals surface area contributed by atoms with Crippen molar-refractivity contribution in [3.05, 3.63) is 65.9 Å². The lowest BCUT2D eigenvalue weighted by Gasteiger charge is -2.24. The van der Waals surface area contributed by atoms with Crippen molar-refractivity contribution < 1.29 is 9.59 Å². The first-order chi connectivity index (χ1) is 15.8. The van der Waals surface area contributed by atoms with Crippen LogP contribution in [0.2, 0.25) is 0 Å². The van der Waals surface area contributed by atoms with Crippen molar-refractivity contribution in [2.24, 2.45) is 11.8 Å². The molecule has 4 rings (SSSR count). The van der Waals surface area contributed by atoms with Crippen molar-refractivity contribution in [1.29, 1.82) is 0 Å². The number of hydrogen-bond donors (Lipinski definition) is 1. The summed E-state index contributed by atoms with van der Waals surface area (Å²) in [6, 6.07) is 16.2. The van der Waals surface area contributed by atoms with Gasteiger partial charge >= 0.3 is 0 Å². The average Bonchev–Trinajstić information content (AvgIpc) is 3.54. The van der Waals surface area contributed by atoms with Crippen molar-refractivity contribution in [3.8, 4) is 16.9 Å². The van der Waals surface area contributed by atoms with Gasteiger partial charge in [0, 0.05) is 29.9 Å². The number of nitrogens with zero attached hydrogens (tertiary/aromatic N) is 3. The molecule has 0 spiro atoms. The minimum atomic E-state index is -0.237. The molecule has 0 bridgehead atoms. The van der Waals surface area contributed by atoms with Crippen LogP contribution in [0.5, 0.6) is 0 Å². The number of imidazole rings is 1. The number of benzene rings is 2. The van der Waals surface area contributed by atoms with Gasteiger partial charge in [0.2, 0.25) is 17.8 Å². The second-order valence-corrected chi connectivity index (χ2v) is 9.46. The molecule has 172 valence electrons. The van der Waals surface area contributed by atoms with E-state index in [1.807, 2.05) is 73.1 Å². The molecule has 1 aliphatic carbocycles. The Kier molecular flexibility index (Phi) is 6.63. The fraction of sp³-hybridized carbons (Fsp3) is 0.370. The lowest BCUT2D eigenvalue weighted by Crippen LogP contribution is -2.41. The van der Waals surface area contributed by atoms with Crippen LogP contribution in [-0.2, 0) is 9.59 Å². The topological polar surface area (TPSA) is 67.2 Å². The number of aromatic nitrogens is 2. The van der Waals surface area contributed by atoms with Crippen LogP contribution >= 0.6 is 0 Å². The molecule has 0 atom stereocenters. The van der Waals surface area contributed by atoms with E-state index in [0.717, 1.165) is 35.3 Å². The Bertz CT molecular complexity index is 1130. The van der Waals surface area contributed by atoms with E-state index in [1.165, 1.54) is 5.56 Å². The van der Waals surface area contributed by atoms with Gasteiger partial charge in [0.1, 0.15) is 0 Å². The van der Waals surface area contributed by atoms with Crippen molar-refractivity contribution in [2.45, 2.75) is 40.5 Å². The van der Waals surface area contributed by atoms with Gasteiger partial charge < -0.3 is 4.90 Å². The summed E-state index contributed by atoms with van der Waals surface area (Å²) in [7, 11) is 0. The second-order valence-electron chi connectivity index (χ2n) is 9.46. The maximum atomic E-state index is 13.0. The minimum Gasteiger partial charge on any atom is -0.333 e. The van der Waals surface area contributed by atoms with Gasteiger partial charge in [-0.25, -0.2) is 4.98 Å². The fourth-order valence-corrected chi connectivity index (χ4v) is 3.83. The molecule has 1 fully saturated rings. The van der Waals surface area contributed by atoms with E-state index < -0.39 is 0 Å². The van der Waals surface area contributed by atoms with E-state index in [2.05, 4.69) is 19.2 Å². The van der Waals surface area contributed by atoms with Gasteiger partial charge in [-0.2, -0.15) is 0 Å². The molecule has 1 saturated carbocycles. The van der Waals surface area contributed by atoms with Gasteiger partial charge in [-0.3, -0.25) is 19.5 Å². The molecule has 0 saturated heterocycles.